The molecular formula is C9H11FN2O2. The molecule has 0 aromatic heterocycles. The third kappa shape index (κ3) is 2.00. The molecule has 0 radical (unpaired) electrons. The van der Waals surface area contributed by atoms with Gasteiger partial charge in [-0.1, -0.05) is 0 Å². The minimum atomic E-state index is -0.617. The Labute approximate surface area is 81.0 Å². The molecule has 0 aliphatic heterocycles. The van der Waals surface area contributed by atoms with E-state index in [1.807, 2.05) is 0 Å². The van der Waals surface area contributed by atoms with Gasteiger partial charge in [-0.2, -0.15) is 0 Å². The lowest BCUT2D eigenvalue weighted by Crippen LogP contribution is -2.26. The van der Waals surface area contributed by atoms with E-state index >= 15 is 0 Å². The minimum absolute atomic E-state index is 0.102. The van der Waals surface area contributed by atoms with Gasteiger partial charge in [0.15, 0.2) is 0 Å². The van der Waals surface area contributed by atoms with Crippen LogP contribution in [-0.4, -0.2) is 25.1 Å². The molecular weight excluding hydrogens is 187 g/mol. The van der Waals surface area contributed by atoms with Crippen molar-refractivity contribution >= 4 is 11.6 Å². The molecule has 0 saturated heterocycles. The van der Waals surface area contributed by atoms with E-state index in [1.54, 1.807) is 0 Å². The molecule has 0 saturated carbocycles. The highest BCUT2D eigenvalue weighted by molar-refractivity contribution is 5.94. The molecule has 76 valence electrons. The van der Waals surface area contributed by atoms with Gasteiger partial charge in [-0.25, -0.2) is 9.45 Å². The lowest BCUT2D eigenvalue weighted by atomic mass is 10.2. The molecule has 0 aliphatic rings. The van der Waals surface area contributed by atoms with Crippen LogP contribution < -0.4 is 5.73 Å². The van der Waals surface area contributed by atoms with E-state index in [1.165, 1.54) is 26.3 Å². The summed E-state index contributed by atoms with van der Waals surface area (Å²) in [6.45, 7) is 0. The van der Waals surface area contributed by atoms with Gasteiger partial charge in [0.1, 0.15) is 5.82 Å². The number of nitrogen functional groups attached to an aromatic ring is 1. The van der Waals surface area contributed by atoms with Gasteiger partial charge < -0.3 is 5.73 Å². The Morgan fingerprint density at radius 2 is 2.21 bits per heavy atom. The van der Waals surface area contributed by atoms with Crippen LogP contribution >= 0.6 is 0 Å². The number of halogens is 1. The summed E-state index contributed by atoms with van der Waals surface area (Å²) in [5, 5.41) is 0.928. The summed E-state index contributed by atoms with van der Waals surface area (Å²) < 4.78 is 13.2. The van der Waals surface area contributed by atoms with Crippen molar-refractivity contribution in [2.45, 2.75) is 0 Å². The lowest BCUT2D eigenvalue weighted by Gasteiger charge is -2.14. The van der Waals surface area contributed by atoms with Gasteiger partial charge in [0.2, 0.25) is 0 Å². The van der Waals surface area contributed by atoms with Crippen LogP contribution in [0.1, 0.15) is 10.4 Å². The third-order valence-electron chi connectivity index (χ3n) is 1.78. The number of nitrogens with zero attached hydrogens (tertiary/aromatic N) is 1. The Morgan fingerprint density at radius 1 is 1.57 bits per heavy atom. The zero-order valence-corrected chi connectivity index (χ0v) is 7.95. The number of amides is 1. The van der Waals surface area contributed by atoms with Gasteiger partial charge in [-0.05, 0) is 18.2 Å². The number of hydrogen-bond donors (Lipinski definition) is 1. The monoisotopic (exact) mass is 198 g/mol. The summed E-state index contributed by atoms with van der Waals surface area (Å²) >= 11 is 0. The number of carbonyl (C=O) groups excluding carboxylic acids is 1. The molecule has 0 aliphatic carbocycles. The Bertz CT molecular complexity index is 355. The fourth-order valence-electron chi connectivity index (χ4n) is 0.959. The molecule has 0 atom stereocenters. The molecule has 1 rings (SSSR count). The Morgan fingerprint density at radius 3 is 2.79 bits per heavy atom. The number of nitrogens with two attached hydrogens (primary N) is 1. The molecule has 5 heteroatoms. The lowest BCUT2D eigenvalue weighted by molar-refractivity contribution is -0.0759. The Kier molecular flexibility index (Phi) is 3.03. The van der Waals surface area contributed by atoms with Crippen molar-refractivity contribution in [2.24, 2.45) is 0 Å². The maximum atomic E-state index is 13.2. The molecule has 0 bridgehead atoms. The fourth-order valence-corrected chi connectivity index (χ4v) is 0.959. The number of hydrogen-bond acceptors (Lipinski definition) is 3. The standard InChI is InChI=1S/C9H11FN2O2/c1-12(14-2)9(13)7-5-6(11)3-4-8(7)10/h3-5H,11H2,1-2H3. The molecule has 2 N–H and O–H groups in total. The summed E-state index contributed by atoms with van der Waals surface area (Å²) in [4.78, 5) is 16.1. The predicted octanol–water partition coefficient (Wildman–Crippen LogP) is 1.04. The van der Waals surface area contributed by atoms with E-state index in [2.05, 4.69) is 4.84 Å². The second-order valence-corrected chi connectivity index (χ2v) is 2.72. The molecule has 14 heavy (non-hydrogen) atoms. The van der Waals surface area contributed by atoms with Crippen LogP contribution in [0.25, 0.3) is 0 Å². The fraction of sp³-hybridized carbons (Fsp3) is 0.222. The molecule has 0 unspecified atom stereocenters. The van der Waals surface area contributed by atoms with Crippen molar-refractivity contribution in [1.29, 1.82) is 0 Å². The minimum Gasteiger partial charge on any atom is -0.399 e. The predicted molar refractivity (Wildman–Crippen MR) is 49.9 cm³/mol. The van der Waals surface area contributed by atoms with E-state index in [-0.39, 0.29) is 5.56 Å². The van der Waals surface area contributed by atoms with Crippen LogP contribution in [-0.2, 0) is 4.84 Å². The molecule has 1 aromatic carbocycles. The first-order valence-corrected chi connectivity index (χ1v) is 3.93. The molecule has 1 aromatic rings. The zero-order valence-electron chi connectivity index (χ0n) is 7.95. The van der Waals surface area contributed by atoms with Crippen molar-refractivity contribution in [3.05, 3.63) is 29.6 Å². The van der Waals surface area contributed by atoms with Gasteiger partial charge in [-0.3, -0.25) is 9.63 Å². The topological polar surface area (TPSA) is 55.6 Å². The van der Waals surface area contributed by atoms with E-state index in [4.69, 9.17) is 5.73 Å². The summed E-state index contributed by atoms with van der Waals surface area (Å²) in [7, 11) is 2.72. The van der Waals surface area contributed by atoms with E-state index in [0.717, 1.165) is 11.1 Å². The number of carbonyl (C=O) groups is 1. The van der Waals surface area contributed by atoms with Crippen LogP contribution in [0, 0.1) is 5.82 Å². The van der Waals surface area contributed by atoms with E-state index in [0.29, 0.717) is 5.69 Å². The SMILES string of the molecule is CON(C)C(=O)c1cc(N)ccc1F. The molecule has 0 spiro atoms. The van der Waals surface area contributed by atoms with Crippen LogP contribution in [0.5, 0.6) is 0 Å². The van der Waals surface area contributed by atoms with Crippen LogP contribution in [0.15, 0.2) is 18.2 Å². The van der Waals surface area contributed by atoms with Crippen molar-refractivity contribution in [2.75, 3.05) is 19.9 Å². The smallest absolute Gasteiger partial charge is 0.280 e. The quantitative estimate of drug-likeness (QED) is 0.570. The maximum Gasteiger partial charge on any atom is 0.280 e. The second-order valence-electron chi connectivity index (χ2n) is 2.72. The van der Waals surface area contributed by atoms with Crippen molar-refractivity contribution in [1.82, 2.24) is 5.06 Å². The average molecular weight is 198 g/mol. The first-order chi connectivity index (χ1) is 6.56. The van der Waals surface area contributed by atoms with Crippen molar-refractivity contribution in [3.63, 3.8) is 0 Å². The number of anilines is 1. The first-order valence-electron chi connectivity index (χ1n) is 3.93. The van der Waals surface area contributed by atoms with Crippen LogP contribution in [0.2, 0.25) is 0 Å². The highest BCUT2D eigenvalue weighted by Crippen LogP contribution is 2.13. The summed E-state index contributed by atoms with van der Waals surface area (Å²) in [5.74, 6) is -1.19. The number of benzene rings is 1. The Hall–Kier alpha value is -1.62. The van der Waals surface area contributed by atoms with Crippen LogP contribution in [0.3, 0.4) is 0 Å². The summed E-state index contributed by atoms with van der Waals surface area (Å²) in [5.41, 5.74) is 5.66. The molecule has 4 nitrogen and oxygen atoms in total. The van der Waals surface area contributed by atoms with E-state index in [9.17, 15) is 9.18 Å². The van der Waals surface area contributed by atoms with E-state index < -0.39 is 11.7 Å². The highest BCUT2D eigenvalue weighted by Gasteiger charge is 2.15. The molecule has 1 amide bonds. The number of rotatable bonds is 2. The maximum absolute atomic E-state index is 13.2. The van der Waals surface area contributed by atoms with Gasteiger partial charge >= 0.3 is 0 Å². The Balaban J connectivity index is 3.06. The normalized spacial score (nSPS) is 9.93. The summed E-state index contributed by atoms with van der Waals surface area (Å²) in [6, 6.07) is 3.80. The zero-order chi connectivity index (χ0) is 10.7. The van der Waals surface area contributed by atoms with Gasteiger partial charge in [0.25, 0.3) is 5.91 Å². The first kappa shape index (κ1) is 10.5. The second kappa shape index (κ2) is 4.06. The molecule has 0 heterocycles. The highest BCUT2D eigenvalue weighted by atomic mass is 19.1. The van der Waals surface area contributed by atoms with Crippen LogP contribution in [0.4, 0.5) is 10.1 Å². The van der Waals surface area contributed by atoms with Gasteiger partial charge in [0, 0.05) is 12.7 Å². The van der Waals surface area contributed by atoms with Gasteiger partial charge in [-0.15, -0.1) is 0 Å². The summed E-state index contributed by atoms with van der Waals surface area (Å²) in [6.07, 6.45) is 0. The van der Waals surface area contributed by atoms with Crippen molar-refractivity contribution < 1.29 is 14.0 Å². The van der Waals surface area contributed by atoms with Crippen molar-refractivity contribution in [3.8, 4) is 0 Å². The molecule has 0 fully saturated rings. The number of hydroxylamine groups is 2. The average Bonchev–Trinajstić information content (AvgIpc) is 2.19. The largest absolute Gasteiger partial charge is 0.399 e. The third-order valence-corrected chi connectivity index (χ3v) is 1.78. The van der Waals surface area contributed by atoms with Gasteiger partial charge in [0.05, 0.1) is 12.7 Å².